The minimum Gasteiger partial charge on any atom is -0.462 e. The van der Waals surface area contributed by atoms with Crippen LogP contribution < -0.4 is 5.73 Å². The van der Waals surface area contributed by atoms with Crippen LogP contribution >= 0.6 is 7.82 Å². The molecule has 322 valence electrons. The molecule has 10 heteroatoms. The van der Waals surface area contributed by atoms with E-state index in [1.807, 2.05) is 0 Å². The molecule has 0 saturated carbocycles. The average molecular weight is 798 g/mol. The Balaban J connectivity index is 4.19. The van der Waals surface area contributed by atoms with Crippen LogP contribution in [0.2, 0.25) is 0 Å². The van der Waals surface area contributed by atoms with E-state index in [1.54, 1.807) is 0 Å². The lowest BCUT2D eigenvalue weighted by molar-refractivity contribution is -0.161. The molecule has 0 rings (SSSR count). The van der Waals surface area contributed by atoms with Crippen molar-refractivity contribution >= 4 is 19.8 Å². The Morgan fingerprint density at radius 1 is 0.545 bits per heavy atom. The second-order valence-corrected chi connectivity index (χ2v) is 16.4. The van der Waals surface area contributed by atoms with Crippen LogP contribution in [-0.2, 0) is 32.7 Å². The molecule has 55 heavy (non-hydrogen) atoms. The SMILES string of the molecule is CCCCCCCC/C=C\C/C=C\C/C=C\CCCC(=O)OC[C@H](COP(=O)(O)OCCN)OC(=O)CCCCCCCCCCCCCCCCCCC. The molecule has 0 bridgehead atoms. The van der Waals surface area contributed by atoms with Gasteiger partial charge in [-0.15, -0.1) is 0 Å². The number of allylic oxidation sites excluding steroid dienone is 6. The number of carbonyl (C=O) groups is 2. The van der Waals surface area contributed by atoms with E-state index in [0.717, 1.165) is 44.9 Å². The third-order valence-electron chi connectivity index (χ3n) is 9.53. The monoisotopic (exact) mass is 798 g/mol. The first-order chi connectivity index (χ1) is 26.8. The lowest BCUT2D eigenvalue weighted by atomic mass is 10.0. The van der Waals surface area contributed by atoms with E-state index >= 15 is 0 Å². The zero-order chi connectivity index (χ0) is 40.3. The quantitative estimate of drug-likeness (QED) is 0.0268. The number of esters is 2. The van der Waals surface area contributed by atoms with Gasteiger partial charge in [0.2, 0.25) is 0 Å². The highest BCUT2D eigenvalue weighted by Gasteiger charge is 2.26. The van der Waals surface area contributed by atoms with E-state index in [4.69, 9.17) is 24.3 Å². The van der Waals surface area contributed by atoms with Crippen molar-refractivity contribution in [2.45, 2.75) is 213 Å². The molecule has 0 aromatic heterocycles. The van der Waals surface area contributed by atoms with Gasteiger partial charge >= 0.3 is 19.8 Å². The van der Waals surface area contributed by atoms with Crippen molar-refractivity contribution in [1.82, 2.24) is 0 Å². The third kappa shape index (κ3) is 41.7. The summed E-state index contributed by atoms with van der Waals surface area (Å²) in [4.78, 5) is 34.9. The number of phosphoric acid groups is 1. The Bertz CT molecular complexity index is 1000. The molecule has 0 aromatic carbocycles. The van der Waals surface area contributed by atoms with Gasteiger partial charge in [0.15, 0.2) is 6.10 Å². The second kappa shape index (κ2) is 41.9. The number of ether oxygens (including phenoxy) is 2. The third-order valence-corrected chi connectivity index (χ3v) is 10.5. The standard InChI is InChI=1S/C45H84NO8P/c1-3-5-7-9-11-13-15-17-19-21-23-25-27-29-31-33-35-37-44(47)51-41-43(42-53-55(49,50)52-40-39-46)54-45(48)38-36-34-32-30-28-26-24-22-20-18-16-14-12-10-8-6-4-2/h17,19,23,25,29,31,43H,3-16,18,20-22,24,26-28,30,32-42,46H2,1-2H3,(H,49,50)/b19-17-,25-23-,31-29-/t43-/m1/s1. The van der Waals surface area contributed by atoms with Crippen molar-refractivity contribution in [2.75, 3.05) is 26.4 Å². The fraction of sp³-hybridized carbons (Fsp3) is 0.822. The largest absolute Gasteiger partial charge is 0.472 e. The Morgan fingerprint density at radius 3 is 1.45 bits per heavy atom. The summed E-state index contributed by atoms with van der Waals surface area (Å²) >= 11 is 0. The second-order valence-electron chi connectivity index (χ2n) is 14.9. The Hall–Kier alpha value is -1.77. The number of rotatable bonds is 42. The number of nitrogens with two attached hydrogens (primary N) is 1. The van der Waals surface area contributed by atoms with Crippen molar-refractivity contribution < 1.29 is 37.6 Å². The van der Waals surface area contributed by atoms with Gasteiger partial charge in [0, 0.05) is 19.4 Å². The maximum absolute atomic E-state index is 12.6. The highest BCUT2D eigenvalue weighted by atomic mass is 31.2. The average Bonchev–Trinajstić information content (AvgIpc) is 3.17. The molecule has 0 amide bonds. The molecule has 0 spiro atoms. The summed E-state index contributed by atoms with van der Waals surface area (Å²) in [7, 11) is -4.39. The Morgan fingerprint density at radius 2 is 0.964 bits per heavy atom. The van der Waals surface area contributed by atoms with Crippen LogP contribution in [0.5, 0.6) is 0 Å². The van der Waals surface area contributed by atoms with Crippen molar-refractivity contribution in [3.05, 3.63) is 36.5 Å². The predicted octanol–water partition coefficient (Wildman–Crippen LogP) is 12.9. The van der Waals surface area contributed by atoms with Gasteiger partial charge in [-0.3, -0.25) is 18.6 Å². The first kappa shape index (κ1) is 53.2. The van der Waals surface area contributed by atoms with Gasteiger partial charge in [0.1, 0.15) is 6.61 Å². The topological polar surface area (TPSA) is 134 Å². The fourth-order valence-electron chi connectivity index (χ4n) is 6.18. The summed E-state index contributed by atoms with van der Waals surface area (Å²) in [5, 5.41) is 0. The van der Waals surface area contributed by atoms with Gasteiger partial charge in [-0.2, -0.15) is 0 Å². The summed E-state index contributed by atoms with van der Waals surface area (Å²) in [5.41, 5.74) is 5.35. The summed E-state index contributed by atoms with van der Waals surface area (Å²) in [5.74, 6) is -0.883. The lowest BCUT2D eigenvalue weighted by Crippen LogP contribution is -2.29. The summed E-state index contributed by atoms with van der Waals surface area (Å²) in [6.45, 7) is 3.69. The van der Waals surface area contributed by atoms with Crippen LogP contribution in [0.1, 0.15) is 206 Å². The molecular formula is C45H84NO8P. The Labute approximate surface area is 337 Å². The maximum Gasteiger partial charge on any atom is 0.472 e. The van der Waals surface area contributed by atoms with Gasteiger partial charge in [0.05, 0.1) is 13.2 Å². The smallest absolute Gasteiger partial charge is 0.462 e. The zero-order valence-corrected chi connectivity index (χ0v) is 36.3. The van der Waals surface area contributed by atoms with Crippen molar-refractivity contribution in [2.24, 2.45) is 5.73 Å². The normalized spacial score (nSPS) is 13.6. The Kier molecular flexibility index (Phi) is 40.5. The van der Waals surface area contributed by atoms with Crippen molar-refractivity contribution in [3.63, 3.8) is 0 Å². The van der Waals surface area contributed by atoms with E-state index in [-0.39, 0.29) is 32.6 Å². The molecule has 0 aliphatic carbocycles. The minimum absolute atomic E-state index is 0.0478. The molecule has 0 heterocycles. The summed E-state index contributed by atoms with van der Waals surface area (Å²) in [6, 6.07) is 0. The molecule has 9 nitrogen and oxygen atoms in total. The van der Waals surface area contributed by atoms with Crippen LogP contribution in [0.4, 0.5) is 0 Å². The van der Waals surface area contributed by atoms with Gasteiger partial charge < -0.3 is 20.1 Å². The van der Waals surface area contributed by atoms with Gasteiger partial charge in [-0.1, -0.05) is 185 Å². The fourth-order valence-corrected chi connectivity index (χ4v) is 6.95. The minimum atomic E-state index is -4.39. The molecule has 1 unspecified atom stereocenters. The molecule has 0 aromatic rings. The number of unbranched alkanes of at least 4 members (excludes halogenated alkanes) is 23. The molecular weight excluding hydrogens is 713 g/mol. The van der Waals surface area contributed by atoms with E-state index in [0.29, 0.717) is 12.8 Å². The maximum atomic E-state index is 12.6. The zero-order valence-electron chi connectivity index (χ0n) is 35.4. The molecule has 0 aliphatic rings. The molecule has 0 aliphatic heterocycles. The number of phosphoric ester groups is 1. The molecule has 2 atom stereocenters. The lowest BCUT2D eigenvalue weighted by Gasteiger charge is -2.19. The number of hydrogen-bond donors (Lipinski definition) is 2. The number of carbonyl (C=O) groups excluding carboxylic acids is 2. The van der Waals surface area contributed by atoms with Gasteiger partial charge in [-0.25, -0.2) is 4.57 Å². The molecule has 3 N–H and O–H groups in total. The highest BCUT2D eigenvalue weighted by molar-refractivity contribution is 7.47. The van der Waals surface area contributed by atoms with E-state index < -0.39 is 32.5 Å². The predicted molar refractivity (Wildman–Crippen MR) is 229 cm³/mol. The van der Waals surface area contributed by atoms with E-state index in [1.165, 1.54) is 122 Å². The van der Waals surface area contributed by atoms with Crippen LogP contribution in [0.3, 0.4) is 0 Å². The van der Waals surface area contributed by atoms with E-state index in [9.17, 15) is 19.0 Å². The highest BCUT2D eigenvalue weighted by Crippen LogP contribution is 2.43. The van der Waals surface area contributed by atoms with Crippen LogP contribution in [-0.4, -0.2) is 49.3 Å². The van der Waals surface area contributed by atoms with Crippen LogP contribution in [0, 0.1) is 0 Å². The van der Waals surface area contributed by atoms with Gasteiger partial charge in [0.25, 0.3) is 0 Å². The summed E-state index contributed by atoms with van der Waals surface area (Å²) in [6.07, 6.45) is 46.1. The van der Waals surface area contributed by atoms with Crippen LogP contribution in [0.15, 0.2) is 36.5 Å². The summed E-state index contributed by atoms with van der Waals surface area (Å²) < 4.78 is 32.7. The molecule has 0 radical (unpaired) electrons. The van der Waals surface area contributed by atoms with Crippen molar-refractivity contribution in [3.8, 4) is 0 Å². The first-order valence-electron chi connectivity index (χ1n) is 22.5. The van der Waals surface area contributed by atoms with Crippen molar-refractivity contribution in [1.29, 1.82) is 0 Å². The first-order valence-corrected chi connectivity index (χ1v) is 24.0. The van der Waals surface area contributed by atoms with E-state index in [2.05, 4.69) is 50.3 Å². The molecule has 0 fully saturated rings. The number of hydrogen-bond acceptors (Lipinski definition) is 8. The van der Waals surface area contributed by atoms with Gasteiger partial charge in [-0.05, 0) is 44.9 Å². The molecule has 0 saturated heterocycles. The van der Waals surface area contributed by atoms with Crippen LogP contribution in [0.25, 0.3) is 0 Å².